The van der Waals surface area contributed by atoms with Crippen LogP contribution in [0.25, 0.3) is 5.57 Å². The molecule has 1 aliphatic carbocycles. The van der Waals surface area contributed by atoms with Crippen molar-refractivity contribution in [2.45, 2.75) is 32.6 Å². The number of anilines is 1. The van der Waals surface area contributed by atoms with Gasteiger partial charge >= 0.3 is 6.09 Å². The average Bonchev–Trinajstić information content (AvgIpc) is 3.07. The Labute approximate surface area is 124 Å². The number of imide groups is 1. The summed E-state index contributed by atoms with van der Waals surface area (Å²) in [6, 6.07) is 7.41. The third-order valence-corrected chi connectivity index (χ3v) is 4.12. The summed E-state index contributed by atoms with van der Waals surface area (Å²) < 4.78 is 5.01. The van der Waals surface area contributed by atoms with Crippen LogP contribution < -0.4 is 4.90 Å². The van der Waals surface area contributed by atoms with Crippen molar-refractivity contribution in [3.63, 3.8) is 0 Å². The topological polar surface area (TPSA) is 46.6 Å². The molecule has 2 aliphatic rings. The van der Waals surface area contributed by atoms with E-state index in [0.717, 1.165) is 23.3 Å². The molecule has 21 heavy (non-hydrogen) atoms. The van der Waals surface area contributed by atoms with Crippen molar-refractivity contribution in [2.24, 2.45) is 5.92 Å². The van der Waals surface area contributed by atoms with E-state index >= 15 is 0 Å². The van der Waals surface area contributed by atoms with Gasteiger partial charge in [-0.3, -0.25) is 4.79 Å². The van der Waals surface area contributed by atoms with E-state index in [1.54, 1.807) is 13.0 Å². The van der Waals surface area contributed by atoms with Crippen LogP contribution in [-0.2, 0) is 9.53 Å². The average molecular weight is 285 g/mol. The van der Waals surface area contributed by atoms with E-state index in [2.05, 4.69) is 0 Å². The zero-order chi connectivity index (χ0) is 14.8. The smallest absolute Gasteiger partial charge is 0.421 e. The number of nitrogens with zero attached hydrogens (tertiary/aromatic N) is 1. The van der Waals surface area contributed by atoms with Gasteiger partial charge in [0.15, 0.2) is 0 Å². The van der Waals surface area contributed by atoms with Gasteiger partial charge in [0.1, 0.15) is 0 Å². The van der Waals surface area contributed by atoms with Gasteiger partial charge < -0.3 is 4.74 Å². The predicted molar refractivity (Wildman–Crippen MR) is 80.9 cm³/mol. The van der Waals surface area contributed by atoms with Gasteiger partial charge in [0.25, 0.3) is 5.91 Å². The molecule has 4 nitrogen and oxygen atoms in total. The van der Waals surface area contributed by atoms with Gasteiger partial charge in [0.05, 0.1) is 12.3 Å². The molecule has 0 spiro atoms. The molecule has 3 rings (SSSR count). The zero-order valence-electron chi connectivity index (χ0n) is 12.2. The maximum absolute atomic E-state index is 12.6. The molecule has 0 unspecified atom stereocenters. The molecule has 4 heteroatoms. The van der Waals surface area contributed by atoms with Crippen LogP contribution in [0.2, 0.25) is 0 Å². The van der Waals surface area contributed by atoms with Crippen molar-refractivity contribution < 1.29 is 14.3 Å². The number of hydrogen-bond acceptors (Lipinski definition) is 3. The van der Waals surface area contributed by atoms with E-state index < -0.39 is 6.09 Å². The van der Waals surface area contributed by atoms with E-state index in [1.807, 2.05) is 24.3 Å². The van der Waals surface area contributed by atoms with Crippen molar-refractivity contribution in [2.75, 3.05) is 11.5 Å². The molecule has 0 bridgehead atoms. The molecule has 1 aromatic rings. The maximum atomic E-state index is 12.6. The standard InChI is InChI=1S/C17H19NO3/c1-2-21-17(20)18-15-10-6-5-9-13(15)14(16(18)19)11-12-7-3-4-8-12/h5-6,9-12H,2-4,7-8H2,1H3. The van der Waals surface area contributed by atoms with Gasteiger partial charge in [-0.15, -0.1) is 0 Å². The Morgan fingerprint density at radius 3 is 2.76 bits per heavy atom. The lowest BCUT2D eigenvalue weighted by Crippen LogP contribution is -2.34. The lowest BCUT2D eigenvalue weighted by molar-refractivity contribution is -0.112. The minimum Gasteiger partial charge on any atom is -0.449 e. The van der Waals surface area contributed by atoms with Crippen molar-refractivity contribution in [1.82, 2.24) is 0 Å². The molecule has 0 N–H and O–H groups in total. The number of allylic oxidation sites excluding steroid dienone is 1. The summed E-state index contributed by atoms with van der Waals surface area (Å²) in [6.07, 6.45) is 6.13. The number of amides is 2. The second kappa shape index (κ2) is 5.72. The number of carbonyl (C=O) groups is 2. The summed E-state index contributed by atoms with van der Waals surface area (Å²) in [5.41, 5.74) is 2.11. The molecule has 1 fully saturated rings. The molecule has 0 atom stereocenters. The first-order valence-electron chi connectivity index (χ1n) is 7.54. The third kappa shape index (κ3) is 2.46. The number of hydrogen-bond donors (Lipinski definition) is 0. The quantitative estimate of drug-likeness (QED) is 0.777. The third-order valence-electron chi connectivity index (χ3n) is 4.12. The monoisotopic (exact) mass is 285 g/mol. The second-order valence-electron chi connectivity index (χ2n) is 5.48. The van der Waals surface area contributed by atoms with Gasteiger partial charge in [0, 0.05) is 11.1 Å². The number of ether oxygens (including phenoxy) is 1. The van der Waals surface area contributed by atoms with Crippen molar-refractivity contribution in [3.8, 4) is 0 Å². The van der Waals surface area contributed by atoms with Crippen LogP contribution in [-0.4, -0.2) is 18.6 Å². The van der Waals surface area contributed by atoms with Crippen LogP contribution in [0.4, 0.5) is 10.5 Å². The highest BCUT2D eigenvalue weighted by molar-refractivity contribution is 6.39. The number of benzene rings is 1. The summed E-state index contributed by atoms with van der Waals surface area (Å²) in [7, 11) is 0. The summed E-state index contributed by atoms with van der Waals surface area (Å²) in [5.74, 6) is 0.181. The minimum absolute atomic E-state index is 0.256. The molecule has 1 heterocycles. The van der Waals surface area contributed by atoms with Gasteiger partial charge in [-0.2, -0.15) is 0 Å². The molecule has 1 aliphatic heterocycles. The first-order valence-corrected chi connectivity index (χ1v) is 7.54. The molecule has 110 valence electrons. The van der Waals surface area contributed by atoms with Gasteiger partial charge in [0.2, 0.25) is 0 Å². The van der Waals surface area contributed by atoms with Crippen LogP contribution in [0.1, 0.15) is 38.2 Å². The summed E-state index contributed by atoms with van der Waals surface area (Å²) in [6.45, 7) is 1.99. The second-order valence-corrected chi connectivity index (χ2v) is 5.48. The zero-order valence-corrected chi connectivity index (χ0v) is 12.2. The van der Waals surface area contributed by atoms with Crippen LogP contribution >= 0.6 is 0 Å². The lowest BCUT2D eigenvalue weighted by Gasteiger charge is -2.14. The minimum atomic E-state index is -0.593. The SMILES string of the molecule is CCOC(=O)N1C(=O)C(=CC2CCCC2)c2ccccc21. The molecule has 2 amide bonds. The first-order chi connectivity index (χ1) is 10.2. The van der Waals surface area contributed by atoms with E-state index in [0.29, 0.717) is 17.2 Å². The highest BCUT2D eigenvalue weighted by atomic mass is 16.6. The molecule has 1 aromatic carbocycles. The molecule has 1 saturated carbocycles. The number of rotatable bonds is 2. The summed E-state index contributed by atoms with van der Waals surface area (Å²) >= 11 is 0. The van der Waals surface area contributed by atoms with Crippen LogP contribution in [0.3, 0.4) is 0 Å². The fourth-order valence-corrected chi connectivity index (χ4v) is 3.13. The Hall–Kier alpha value is -2.10. The largest absolute Gasteiger partial charge is 0.449 e. The number of para-hydroxylation sites is 1. The van der Waals surface area contributed by atoms with E-state index in [4.69, 9.17) is 4.74 Å². The molecular formula is C17H19NO3. The molecule has 0 aromatic heterocycles. The Balaban J connectivity index is 1.99. The van der Waals surface area contributed by atoms with Gasteiger partial charge in [-0.25, -0.2) is 9.69 Å². The molecular weight excluding hydrogens is 266 g/mol. The maximum Gasteiger partial charge on any atom is 0.421 e. The van der Waals surface area contributed by atoms with Crippen molar-refractivity contribution in [3.05, 3.63) is 35.9 Å². The Morgan fingerprint density at radius 1 is 1.33 bits per heavy atom. The van der Waals surface area contributed by atoms with E-state index in [-0.39, 0.29) is 12.5 Å². The summed E-state index contributed by atoms with van der Waals surface area (Å²) in [4.78, 5) is 25.8. The van der Waals surface area contributed by atoms with Crippen LogP contribution in [0.15, 0.2) is 30.3 Å². The Bertz CT molecular complexity index is 600. The highest BCUT2D eigenvalue weighted by Crippen LogP contribution is 2.39. The van der Waals surface area contributed by atoms with Crippen LogP contribution in [0, 0.1) is 5.92 Å². The van der Waals surface area contributed by atoms with Crippen molar-refractivity contribution in [1.29, 1.82) is 0 Å². The fourth-order valence-electron chi connectivity index (χ4n) is 3.13. The number of carbonyl (C=O) groups excluding carboxylic acids is 2. The fraction of sp³-hybridized carbons (Fsp3) is 0.412. The van der Waals surface area contributed by atoms with Gasteiger partial charge in [-0.1, -0.05) is 37.1 Å². The van der Waals surface area contributed by atoms with Crippen LogP contribution in [0.5, 0.6) is 0 Å². The summed E-state index contributed by atoms with van der Waals surface area (Å²) in [5, 5.41) is 0. The van der Waals surface area contributed by atoms with Crippen molar-refractivity contribution >= 4 is 23.3 Å². The Kier molecular flexibility index (Phi) is 3.78. The van der Waals surface area contributed by atoms with Gasteiger partial charge in [-0.05, 0) is 31.7 Å². The molecule has 0 saturated heterocycles. The Morgan fingerprint density at radius 2 is 2.05 bits per heavy atom. The number of fused-ring (bicyclic) bond motifs is 1. The highest BCUT2D eigenvalue weighted by Gasteiger charge is 2.37. The van der Waals surface area contributed by atoms with E-state index in [1.165, 1.54) is 12.8 Å². The first kappa shape index (κ1) is 13.9. The lowest BCUT2D eigenvalue weighted by atomic mass is 10.00. The predicted octanol–water partition coefficient (Wildman–Crippen LogP) is 3.76. The normalized spacial score (nSPS) is 20.1. The molecule has 0 radical (unpaired) electrons. The van der Waals surface area contributed by atoms with E-state index in [9.17, 15) is 9.59 Å².